The Labute approximate surface area is 102 Å². The van der Waals surface area contributed by atoms with Gasteiger partial charge in [-0.2, -0.15) is 0 Å². The lowest BCUT2D eigenvalue weighted by molar-refractivity contribution is 0.646. The summed E-state index contributed by atoms with van der Waals surface area (Å²) in [5.41, 5.74) is 3.88. The largest absolute Gasteiger partial charge is 0.311 e. The maximum absolute atomic E-state index is 6.02. The number of fused-ring (bicyclic) bond motifs is 1. The van der Waals surface area contributed by atoms with Crippen molar-refractivity contribution in [1.82, 2.24) is 0 Å². The molecule has 2 nitrogen and oxygen atoms in total. The summed E-state index contributed by atoms with van der Waals surface area (Å²) in [6.45, 7) is 0.913. The second-order valence-corrected chi connectivity index (χ2v) is 4.50. The van der Waals surface area contributed by atoms with Crippen molar-refractivity contribution in [2.24, 2.45) is 5.84 Å². The number of nitrogens with zero attached hydrogens (tertiary/aromatic N) is 1. The summed E-state index contributed by atoms with van der Waals surface area (Å²) >= 11 is 0. The molecule has 0 radical (unpaired) electrons. The van der Waals surface area contributed by atoms with Gasteiger partial charge in [0.25, 0.3) is 0 Å². The SMILES string of the molecule is NN1CCC(c2ccccc2)c2ccccc21. The first-order valence-corrected chi connectivity index (χ1v) is 6.02. The van der Waals surface area contributed by atoms with Crippen LogP contribution in [0, 0.1) is 0 Å². The summed E-state index contributed by atoms with van der Waals surface area (Å²) in [6, 6.07) is 19.1. The lowest BCUT2D eigenvalue weighted by atomic mass is 9.85. The fourth-order valence-electron chi connectivity index (χ4n) is 2.62. The number of hydrogen-bond donors (Lipinski definition) is 1. The summed E-state index contributed by atoms with van der Waals surface area (Å²) in [6.07, 6.45) is 1.08. The number of para-hydroxylation sites is 1. The Kier molecular flexibility index (Phi) is 2.57. The third-order valence-corrected chi connectivity index (χ3v) is 3.48. The lowest BCUT2D eigenvalue weighted by Gasteiger charge is -2.32. The van der Waals surface area contributed by atoms with Gasteiger partial charge in [-0.3, -0.25) is 0 Å². The van der Waals surface area contributed by atoms with Gasteiger partial charge < -0.3 is 5.01 Å². The molecule has 0 spiro atoms. The second kappa shape index (κ2) is 4.22. The summed E-state index contributed by atoms with van der Waals surface area (Å²) in [4.78, 5) is 0. The van der Waals surface area contributed by atoms with Crippen molar-refractivity contribution in [3.05, 3.63) is 65.7 Å². The van der Waals surface area contributed by atoms with Crippen LogP contribution in [0.1, 0.15) is 23.5 Å². The smallest absolute Gasteiger partial charge is 0.0555 e. The van der Waals surface area contributed by atoms with E-state index < -0.39 is 0 Å². The van der Waals surface area contributed by atoms with Gasteiger partial charge in [0.2, 0.25) is 0 Å². The minimum atomic E-state index is 0.479. The molecule has 3 rings (SSSR count). The van der Waals surface area contributed by atoms with Gasteiger partial charge in [0.05, 0.1) is 5.69 Å². The van der Waals surface area contributed by atoms with Crippen LogP contribution in [0.25, 0.3) is 0 Å². The van der Waals surface area contributed by atoms with E-state index in [0.717, 1.165) is 18.7 Å². The molecule has 0 bridgehead atoms. The highest BCUT2D eigenvalue weighted by Crippen LogP contribution is 2.37. The molecule has 1 aliphatic heterocycles. The van der Waals surface area contributed by atoms with E-state index in [0.29, 0.717) is 5.92 Å². The van der Waals surface area contributed by atoms with Crippen molar-refractivity contribution in [3.63, 3.8) is 0 Å². The predicted octanol–water partition coefficient (Wildman–Crippen LogP) is 2.90. The Morgan fingerprint density at radius 1 is 0.941 bits per heavy atom. The third kappa shape index (κ3) is 1.81. The number of rotatable bonds is 1. The first-order chi connectivity index (χ1) is 8.36. The van der Waals surface area contributed by atoms with Crippen LogP contribution in [-0.4, -0.2) is 6.54 Å². The van der Waals surface area contributed by atoms with Crippen molar-refractivity contribution in [2.75, 3.05) is 11.6 Å². The molecule has 0 aliphatic carbocycles. The molecule has 2 heteroatoms. The minimum absolute atomic E-state index is 0.479. The summed E-state index contributed by atoms with van der Waals surface area (Å²) in [7, 11) is 0. The topological polar surface area (TPSA) is 29.3 Å². The summed E-state index contributed by atoms with van der Waals surface area (Å²) < 4.78 is 0. The number of nitrogens with two attached hydrogens (primary N) is 1. The zero-order valence-electron chi connectivity index (χ0n) is 9.71. The monoisotopic (exact) mass is 224 g/mol. The van der Waals surface area contributed by atoms with Crippen LogP contribution in [0.5, 0.6) is 0 Å². The first kappa shape index (κ1) is 10.4. The van der Waals surface area contributed by atoms with Crippen LogP contribution >= 0.6 is 0 Å². The fraction of sp³-hybridized carbons (Fsp3) is 0.200. The van der Waals surface area contributed by atoms with E-state index in [4.69, 9.17) is 5.84 Å². The van der Waals surface area contributed by atoms with E-state index in [1.165, 1.54) is 11.1 Å². The molecule has 0 fully saturated rings. The highest BCUT2D eigenvalue weighted by Gasteiger charge is 2.24. The average molecular weight is 224 g/mol. The lowest BCUT2D eigenvalue weighted by Crippen LogP contribution is -2.37. The standard InChI is InChI=1S/C15H16N2/c16-17-11-10-13(12-6-2-1-3-7-12)14-8-4-5-9-15(14)17/h1-9,13H,10-11,16H2. The highest BCUT2D eigenvalue weighted by molar-refractivity contribution is 5.58. The van der Waals surface area contributed by atoms with Gasteiger partial charge in [-0.1, -0.05) is 48.5 Å². The van der Waals surface area contributed by atoms with E-state index in [1.807, 2.05) is 11.1 Å². The van der Waals surface area contributed by atoms with Crippen LogP contribution < -0.4 is 10.9 Å². The van der Waals surface area contributed by atoms with E-state index in [-0.39, 0.29) is 0 Å². The second-order valence-electron chi connectivity index (χ2n) is 4.50. The Balaban J connectivity index is 2.07. The van der Waals surface area contributed by atoms with Gasteiger partial charge in [-0.15, -0.1) is 0 Å². The zero-order chi connectivity index (χ0) is 11.7. The molecule has 1 atom stereocenters. The Bertz CT molecular complexity index is 507. The van der Waals surface area contributed by atoms with Gasteiger partial charge >= 0.3 is 0 Å². The molecule has 86 valence electrons. The molecule has 2 aromatic carbocycles. The molecular formula is C15H16N2. The van der Waals surface area contributed by atoms with E-state index in [9.17, 15) is 0 Å². The van der Waals surface area contributed by atoms with Gasteiger partial charge in [0.15, 0.2) is 0 Å². The third-order valence-electron chi connectivity index (χ3n) is 3.48. The Hall–Kier alpha value is -1.80. The van der Waals surface area contributed by atoms with Crippen LogP contribution in [0.3, 0.4) is 0 Å². The van der Waals surface area contributed by atoms with Crippen molar-refractivity contribution in [1.29, 1.82) is 0 Å². The predicted molar refractivity (Wildman–Crippen MR) is 70.9 cm³/mol. The molecule has 1 heterocycles. The van der Waals surface area contributed by atoms with Crippen LogP contribution in [0.2, 0.25) is 0 Å². The van der Waals surface area contributed by atoms with Gasteiger partial charge in [0.1, 0.15) is 0 Å². The number of hydrazine groups is 1. The van der Waals surface area contributed by atoms with Crippen LogP contribution in [0.4, 0.5) is 5.69 Å². The van der Waals surface area contributed by atoms with E-state index in [1.54, 1.807) is 0 Å². The molecule has 1 unspecified atom stereocenters. The highest BCUT2D eigenvalue weighted by atomic mass is 15.4. The Morgan fingerprint density at radius 2 is 1.65 bits per heavy atom. The maximum Gasteiger partial charge on any atom is 0.0555 e. The molecule has 0 saturated heterocycles. The quantitative estimate of drug-likeness (QED) is 0.755. The first-order valence-electron chi connectivity index (χ1n) is 6.02. The van der Waals surface area contributed by atoms with Gasteiger partial charge in [-0.25, -0.2) is 5.84 Å². The zero-order valence-corrected chi connectivity index (χ0v) is 9.71. The van der Waals surface area contributed by atoms with Crippen LogP contribution in [0.15, 0.2) is 54.6 Å². The molecule has 0 saturated carbocycles. The molecule has 17 heavy (non-hydrogen) atoms. The van der Waals surface area contributed by atoms with Gasteiger partial charge in [0, 0.05) is 12.5 Å². The van der Waals surface area contributed by atoms with Crippen molar-refractivity contribution in [3.8, 4) is 0 Å². The van der Waals surface area contributed by atoms with Gasteiger partial charge in [-0.05, 0) is 23.6 Å². The summed E-state index contributed by atoms with van der Waals surface area (Å²) in [5.74, 6) is 6.50. The van der Waals surface area contributed by atoms with Crippen molar-refractivity contribution >= 4 is 5.69 Å². The Morgan fingerprint density at radius 3 is 2.47 bits per heavy atom. The minimum Gasteiger partial charge on any atom is -0.311 e. The molecule has 2 aromatic rings. The van der Waals surface area contributed by atoms with Crippen molar-refractivity contribution in [2.45, 2.75) is 12.3 Å². The maximum atomic E-state index is 6.02. The molecular weight excluding hydrogens is 208 g/mol. The molecule has 0 amide bonds. The number of hydrogen-bond acceptors (Lipinski definition) is 2. The number of benzene rings is 2. The summed E-state index contributed by atoms with van der Waals surface area (Å²) in [5, 5.41) is 1.86. The number of anilines is 1. The molecule has 0 aromatic heterocycles. The van der Waals surface area contributed by atoms with Crippen LogP contribution in [-0.2, 0) is 0 Å². The molecule has 2 N–H and O–H groups in total. The fourth-order valence-corrected chi connectivity index (χ4v) is 2.62. The normalized spacial score (nSPS) is 18.9. The molecule has 1 aliphatic rings. The van der Waals surface area contributed by atoms with E-state index in [2.05, 4.69) is 48.5 Å². The average Bonchev–Trinajstić information content (AvgIpc) is 2.41. The van der Waals surface area contributed by atoms with Crippen molar-refractivity contribution < 1.29 is 0 Å². The van der Waals surface area contributed by atoms with E-state index >= 15 is 0 Å².